The molecule has 0 aliphatic carbocycles. The van der Waals surface area contributed by atoms with Gasteiger partial charge in [0.2, 0.25) is 0 Å². The quantitative estimate of drug-likeness (QED) is 0.775. The SMILES string of the molecule is CCNC(Cc1ccc(CC)s1)c1sccc1Br. The van der Waals surface area contributed by atoms with E-state index in [9.17, 15) is 0 Å². The van der Waals surface area contributed by atoms with Crippen LogP contribution in [0.3, 0.4) is 0 Å². The summed E-state index contributed by atoms with van der Waals surface area (Å²) in [6.45, 7) is 5.38. The maximum Gasteiger partial charge on any atom is 0.0474 e. The first kappa shape index (κ1) is 14.3. The van der Waals surface area contributed by atoms with Crippen LogP contribution in [-0.4, -0.2) is 6.54 Å². The number of aryl methyl sites for hydroxylation is 1. The van der Waals surface area contributed by atoms with Crippen molar-refractivity contribution in [3.05, 3.63) is 42.7 Å². The molecule has 0 saturated carbocycles. The number of nitrogens with one attached hydrogen (secondary N) is 1. The Kier molecular flexibility index (Phi) is 5.42. The average Bonchev–Trinajstić information content (AvgIpc) is 2.97. The van der Waals surface area contributed by atoms with Crippen LogP contribution in [0.25, 0.3) is 0 Å². The molecule has 2 aromatic rings. The largest absolute Gasteiger partial charge is 0.309 e. The molecule has 0 bridgehead atoms. The van der Waals surface area contributed by atoms with Crippen molar-refractivity contribution in [2.45, 2.75) is 32.7 Å². The smallest absolute Gasteiger partial charge is 0.0474 e. The normalized spacial score (nSPS) is 12.8. The lowest BCUT2D eigenvalue weighted by molar-refractivity contribution is 0.560. The van der Waals surface area contributed by atoms with Gasteiger partial charge >= 0.3 is 0 Å². The van der Waals surface area contributed by atoms with E-state index in [1.807, 2.05) is 22.7 Å². The Morgan fingerprint density at radius 1 is 1.22 bits per heavy atom. The van der Waals surface area contributed by atoms with E-state index in [-0.39, 0.29) is 0 Å². The predicted octanol–water partition coefficient (Wildman–Crippen LogP) is 5.03. The fourth-order valence-electron chi connectivity index (χ4n) is 1.98. The van der Waals surface area contributed by atoms with E-state index in [0.29, 0.717) is 6.04 Å². The van der Waals surface area contributed by atoms with Crippen molar-refractivity contribution in [1.82, 2.24) is 5.32 Å². The predicted molar refractivity (Wildman–Crippen MR) is 85.8 cm³/mol. The van der Waals surface area contributed by atoms with Crippen LogP contribution in [-0.2, 0) is 12.8 Å². The van der Waals surface area contributed by atoms with Crippen LogP contribution < -0.4 is 5.32 Å². The highest BCUT2D eigenvalue weighted by Crippen LogP contribution is 2.32. The second-order valence-corrected chi connectivity index (χ2v) is 7.22. The molecule has 4 heteroatoms. The minimum atomic E-state index is 0.424. The van der Waals surface area contributed by atoms with Gasteiger partial charge in [0.25, 0.3) is 0 Å². The summed E-state index contributed by atoms with van der Waals surface area (Å²) in [6.07, 6.45) is 2.22. The summed E-state index contributed by atoms with van der Waals surface area (Å²) < 4.78 is 1.23. The van der Waals surface area contributed by atoms with E-state index in [4.69, 9.17) is 0 Å². The van der Waals surface area contributed by atoms with Crippen LogP contribution in [0.2, 0.25) is 0 Å². The molecule has 0 fully saturated rings. The van der Waals surface area contributed by atoms with Gasteiger partial charge in [-0.15, -0.1) is 22.7 Å². The van der Waals surface area contributed by atoms with Crippen LogP contribution in [0.5, 0.6) is 0 Å². The minimum Gasteiger partial charge on any atom is -0.309 e. The first-order valence-electron chi connectivity index (χ1n) is 6.28. The van der Waals surface area contributed by atoms with Gasteiger partial charge in [0.1, 0.15) is 0 Å². The summed E-state index contributed by atoms with van der Waals surface area (Å²) in [6, 6.07) is 7.09. The molecule has 0 aromatic carbocycles. The van der Waals surface area contributed by atoms with Gasteiger partial charge < -0.3 is 5.32 Å². The lowest BCUT2D eigenvalue weighted by atomic mass is 10.1. The third-order valence-corrected chi connectivity index (χ3v) is 6.12. The number of rotatable bonds is 6. The van der Waals surface area contributed by atoms with E-state index < -0.39 is 0 Å². The number of hydrogen-bond acceptors (Lipinski definition) is 3. The van der Waals surface area contributed by atoms with E-state index in [1.54, 1.807) is 0 Å². The van der Waals surface area contributed by atoms with Crippen molar-refractivity contribution in [2.24, 2.45) is 0 Å². The maximum absolute atomic E-state index is 3.64. The molecule has 1 unspecified atom stereocenters. The number of thiophene rings is 2. The number of hydrogen-bond donors (Lipinski definition) is 1. The highest BCUT2D eigenvalue weighted by atomic mass is 79.9. The zero-order valence-electron chi connectivity index (χ0n) is 10.7. The Morgan fingerprint density at radius 2 is 2.00 bits per heavy atom. The number of likely N-dealkylation sites (N-methyl/N-ethyl adjacent to an activating group) is 1. The van der Waals surface area contributed by atoms with Gasteiger partial charge in [-0.3, -0.25) is 0 Å². The van der Waals surface area contributed by atoms with E-state index in [1.165, 1.54) is 19.1 Å². The highest BCUT2D eigenvalue weighted by molar-refractivity contribution is 9.10. The van der Waals surface area contributed by atoms with Crippen molar-refractivity contribution in [2.75, 3.05) is 6.54 Å². The Hall–Kier alpha value is -0.160. The molecule has 0 saturated heterocycles. The van der Waals surface area contributed by atoms with Crippen LogP contribution in [0.1, 0.15) is 34.5 Å². The number of halogens is 1. The second-order valence-electron chi connectivity index (χ2n) is 4.17. The molecule has 1 nitrogen and oxygen atoms in total. The fraction of sp³-hybridized carbons (Fsp3) is 0.429. The van der Waals surface area contributed by atoms with Gasteiger partial charge in [0.15, 0.2) is 0 Å². The molecule has 0 aliphatic heterocycles. The Morgan fingerprint density at radius 3 is 2.56 bits per heavy atom. The van der Waals surface area contributed by atoms with Gasteiger partial charge in [-0.05, 0) is 52.5 Å². The fourth-order valence-corrected chi connectivity index (χ4v) is 4.71. The van der Waals surface area contributed by atoms with Crippen molar-refractivity contribution < 1.29 is 0 Å². The zero-order valence-corrected chi connectivity index (χ0v) is 13.9. The second kappa shape index (κ2) is 6.85. The average molecular weight is 344 g/mol. The monoisotopic (exact) mass is 343 g/mol. The molecule has 2 heterocycles. The highest BCUT2D eigenvalue weighted by Gasteiger charge is 2.16. The summed E-state index contributed by atoms with van der Waals surface area (Å²) in [7, 11) is 0. The standard InChI is InChI=1S/C14H18BrNS2/c1-3-10-5-6-11(18-10)9-13(16-4-2)14-12(15)7-8-17-14/h5-8,13,16H,3-4,9H2,1-2H3. The van der Waals surface area contributed by atoms with Crippen molar-refractivity contribution >= 4 is 38.6 Å². The van der Waals surface area contributed by atoms with E-state index >= 15 is 0 Å². The third-order valence-electron chi connectivity index (χ3n) is 2.88. The zero-order chi connectivity index (χ0) is 13.0. The van der Waals surface area contributed by atoms with Crippen LogP contribution in [0.15, 0.2) is 28.1 Å². The van der Waals surface area contributed by atoms with Crippen LogP contribution in [0, 0.1) is 0 Å². The molecule has 0 radical (unpaired) electrons. The maximum atomic E-state index is 3.64. The minimum absolute atomic E-state index is 0.424. The van der Waals surface area contributed by atoms with Crippen molar-refractivity contribution in [1.29, 1.82) is 0 Å². The first-order chi connectivity index (χ1) is 8.74. The van der Waals surface area contributed by atoms with Crippen LogP contribution >= 0.6 is 38.6 Å². The summed E-state index contributed by atoms with van der Waals surface area (Å²) in [5.41, 5.74) is 0. The molecular formula is C14H18BrNS2. The lowest BCUT2D eigenvalue weighted by Crippen LogP contribution is -2.22. The van der Waals surface area contributed by atoms with Gasteiger partial charge in [0.05, 0.1) is 0 Å². The van der Waals surface area contributed by atoms with Crippen molar-refractivity contribution in [3.8, 4) is 0 Å². The van der Waals surface area contributed by atoms with E-state index in [0.717, 1.165) is 19.4 Å². The molecule has 18 heavy (non-hydrogen) atoms. The summed E-state index contributed by atoms with van der Waals surface area (Å²) in [5, 5.41) is 5.74. The molecule has 98 valence electrons. The molecular weight excluding hydrogens is 326 g/mol. The Labute approximate surface area is 125 Å². The molecule has 0 spiro atoms. The Balaban J connectivity index is 2.13. The van der Waals surface area contributed by atoms with Gasteiger partial charge in [-0.1, -0.05) is 13.8 Å². The molecule has 2 rings (SSSR count). The van der Waals surface area contributed by atoms with Crippen molar-refractivity contribution in [3.63, 3.8) is 0 Å². The molecule has 0 aliphatic rings. The summed E-state index contributed by atoms with van der Waals surface area (Å²) in [4.78, 5) is 4.35. The van der Waals surface area contributed by atoms with E-state index in [2.05, 4.69) is 58.7 Å². The van der Waals surface area contributed by atoms with Gasteiger partial charge in [-0.2, -0.15) is 0 Å². The van der Waals surface area contributed by atoms with Crippen LogP contribution in [0.4, 0.5) is 0 Å². The molecule has 1 atom stereocenters. The third kappa shape index (κ3) is 3.44. The Bertz CT molecular complexity index is 489. The first-order valence-corrected chi connectivity index (χ1v) is 8.77. The lowest BCUT2D eigenvalue weighted by Gasteiger charge is -2.16. The van der Waals surface area contributed by atoms with Gasteiger partial charge in [-0.25, -0.2) is 0 Å². The van der Waals surface area contributed by atoms with Gasteiger partial charge in [0, 0.05) is 31.6 Å². The summed E-state index contributed by atoms with van der Waals surface area (Å²) >= 11 is 7.41. The molecule has 0 amide bonds. The molecule has 1 N–H and O–H groups in total. The topological polar surface area (TPSA) is 12.0 Å². The summed E-state index contributed by atoms with van der Waals surface area (Å²) in [5.74, 6) is 0. The molecule has 2 aromatic heterocycles.